The number of aryl methyl sites for hydroxylation is 1. The first-order valence-corrected chi connectivity index (χ1v) is 7.18. The molecule has 0 aliphatic heterocycles. The predicted molar refractivity (Wildman–Crippen MR) is 80.1 cm³/mol. The third-order valence-electron chi connectivity index (χ3n) is 5.29. The molecule has 2 rings (SSSR count). The van der Waals surface area contributed by atoms with E-state index in [0.717, 1.165) is 18.7 Å². The Kier molecular flexibility index (Phi) is 3.53. The van der Waals surface area contributed by atoms with E-state index in [0.29, 0.717) is 28.1 Å². The number of hydrogen-bond donors (Lipinski definition) is 2. The van der Waals surface area contributed by atoms with Crippen LogP contribution in [0.2, 0.25) is 0 Å². The third-order valence-corrected chi connectivity index (χ3v) is 5.29. The van der Waals surface area contributed by atoms with Crippen LogP contribution in [-0.4, -0.2) is 22.6 Å². The van der Waals surface area contributed by atoms with Gasteiger partial charge in [-0.1, -0.05) is 34.6 Å². The average Bonchev–Trinajstić information content (AvgIpc) is 2.76. The van der Waals surface area contributed by atoms with Gasteiger partial charge in [0.05, 0.1) is 5.56 Å². The van der Waals surface area contributed by atoms with Crippen molar-refractivity contribution in [3.63, 3.8) is 0 Å². The van der Waals surface area contributed by atoms with Crippen LogP contribution in [0.5, 0.6) is 0 Å². The molecule has 1 aromatic heterocycles. The summed E-state index contributed by atoms with van der Waals surface area (Å²) in [7, 11) is 0. The van der Waals surface area contributed by atoms with E-state index in [2.05, 4.69) is 38.0 Å². The van der Waals surface area contributed by atoms with Crippen LogP contribution in [0.4, 0.5) is 5.82 Å². The minimum Gasteiger partial charge on any atom is -0.478 e. The number of hydrogen-bond acceptors (Lipinski definition) is 3. The first-order chi connectivity index (χ1) is 9.20. The maximum absolute atomic E-state index is 11.1. The number of aromatic nitrogens is 1. The van der Waals surface area contributed by atoms with Crippen molar-refractivity contribution in [2.75, 3.05) is 11.9 Å². The number of aromatic carboxylic acids is 1. The molecule has 0 amide bonds. The van der Waals surface area contributed by atoms with Gasteiger partial charge in [0.2, 0.25) is 0 Å². The summed E-state index contributed by atoms with van der Waals surface area (Å²) in [6.07, 6.45) is 0.732. The van der Waals surface area contributed by atoms with Gasteiger partial charge in [0.25, 0.3) is 0 Å². The van der Waals surface area contributed by atoms with E-state index < -0.39 is 5.97 Å². The summed E-state index contributed by atoms with van der Waals surface area (Å²) in [6.45, 7) is 11.9. The first-order valence-electron chi connectivity index (χ1n) is 7.18. The number of pyridine rings is 1. The number of rotatable bonds is 5. The van der Waals surface area contributed by atoms with E-state index in [1.54, 1.807) is 12.1 Å². The standard InChI is InChI=1S/C16H24N2O2/c1-6-11-7-10(14(19)20)8-13(18-11)17-9-12-15(2,3)16(12,4)5/h7-8,12H,6,9H2,1-5H3,(H,17,18)(H,19,20). The Morgan fingerprint density at radius 1 is 1.30 bits per heavy atom. The van der Waals surface area contributed by atoms with Crippen LogP contribution in [0.3, 0.4) is 0 Å². The number of nitrogens with zero attached hydrogens (tertiary/aromatic N) is 1. The van der Waals surface area contributed by atoms with Gasteiger partial charge < -0.3 is 10.4 Å². The molecular formula is C16H24N2O2. The topological polar surface area (TPSA) is 62.2 Å². The van der Waals surface area contributed by atoms with E-state index in [-0.39, 0.29) is 0 Å². The zero-order chi connectivity index (χ0) is 15.1. The molecule has 0 spiro atoms. The van der Waals surface area contributed by atoms with Crippen molar-refractivity contribution in [1.29, 1.82) is 0 Å². The van der Waals surface area contributed by atoms with Gasteiger partial charge in [-0.25, -0.2) is 9.78 Å². The van der Waals surface area contributed by atoms with Crippen molar-refractivity contribution < 1.29 is 9.90 Å². The van der Waals surface area contributed by atoms with Gasteiger partial charge in [0.15, 0.2) is 0 Å². The van der Waals surface area contributed by atoms with Gasteiger partial charge in [0, 0.05) is 12.2 Å². The number of anilines is 1. The van der Waals surface area contributed by atoms with E-state index >= 15 is 0 Å². The lowest BCUT2D eigenvalue weighted by Crippen LogP contribution is -2.11. The zero-order valence-electron chi connectivity index (χ0n) is 12.9. The second kappa shape index (κ2) is 4.76. The van der Waals surface area contributed by atoms with E-state index in [4.69, 9.17) is 5.11 Å². The van der Waals surface area contributed by atoms with Gasteiger partial charge in [-0.2, -0.15) is 0 Å². The molecule has 4 heteroatoms. The molecular weight excluding hydrogens is 252 g/mol. The van der Waals surface area contributed by atoms with Crippen LogP contribution in [-0.2, 0) is 6.42 Å². The van der Waals surface area contributed by atoms with Crippen LogP contribution < -0.4 is 5.32 Å². The summed E-state index contributed by atoms with van der Waals surface area (Å²) in [6, 6.07) is 3.25. The predicted octanol–water partition coefficient (Wildman–Crippen LogP) is 3.44. The van der Waals surface area contributed by atoms with Crippen LogP contribution in [0.25, 0.3) is 0 Å². The molecule has 1 fully saturated rings. The fourth-order valence-electron chi connectivity index (χ4n) is 3.03. The lowest BCUT2D eigenvalue weighted by atomic mass is 10.0. The Bertz CT molecular complexity index is 521. The average molecular weight is 276 g/mol. The second-order valence-electron chi connectivity index (χ2n) is 6.77. The highest BCUT2D eigenvalue weighted by atomic mass is 16.4. The molecule has 1 aliphatic carbocycles. The molecule has 2 N–H and O–H groups in total. The Morgan fingerprint density at radius 3 is 2.35 bits per heavy atom. The fraction of sp³-hybridized carbons (Fsp3) is 0.625. The van der Waals surface area contributed by atoms with Crippen molar-refractivity contribution in [3.05, 3.63) is 23.4 Å². The SMILES string of the molecule is CCc1cc(C(=O)O)cc(NCC2C(C)(C)C2(C)C)n1. The van der Waals surface area contributed by atoms with Gasteiger partial charge in [0.1, 0.15) is 5.82 Å². The minimum absolute atomic E-state index is 0.300. The molecule has 4 nitrogen and oxygen atoms in total. The van der Waals surface area contributed by atoms with Crippen molar-refractivity contribution in [1.82, 2.24) is 4.98 Å². The number of carbonyl (C=O) groups is 1. The zero-order valence-corrected chi connectivity index (χ0v) is 12.9. The van der Waals surface area contributed by atoms with E-state index in [1.165, 1.54) is 0 Å². The number of carboxylic acid groups (broad SMARTS) is 1. The molecule has 0 bridgehead atoms. The second-order valence-corrected chi connectivity index (χ2v) is 6.77. The third kappa shape index (κ3) is 2.39. The smallest absolute Gasteiger partial charge is 0.335 e. The summed E-state index contributed by atoms with van der Waals surface area (Å²) < 4.78 is 0. The van der Waals surface area contributed by atoms with Gasteiger partial charge in [-0.3, -0.25) is 0 Å². The number of nitrogens with one attached hydrogen (secondary N) is 1. The highest BCUT2D eigenvalue weighted by molar-refractivity contribution is 5.88. The summed E-state index contributed by atoms with van der Waals surface area (Å²) in [5, 5.41) is 12.4. The van der Waals surface area contributed by atoms with E-state index in [9.17, 15) is 4.79 Å². The Hall–Kier alpha value is -1.58. The highest BCUT2D eigenvalue weighted by Crippen LogP contribution is 2.68. The summed E-state index contributed by atoms with van der Waals surface area (Å²) in [4.78, 5) is 15.6. The quantitative estimate of drug-likeness (QED) is 0.864. The van der Waals surface area contributed by atoms with Crippen LogP contribution in [0.15, 0.2) is 12.1 Å². The maximum Gasteiger partial charge on any atom is 0.335 e. The van der Waals surface area contributed by atoms with Crippen molar-refractivity contribution in [2.24, 2.45) is 16.7 Å². The van der Waals surface area contributed by atoms with Crippen LogP contribution >= 0.6 is 0 Å². The van der Waals surface area contributed by atoms with Crippen molar-refractivity contribution >= 4 is 11.8 Å². The molecule has 20 heavy (non-hydrogen) atoms. The largest absolute Gasteiger partial charge is 0.478 e. The van der Waals surface area contributed by atoms with Gasteiger partial charge in [-0.05, 0) is 35.3 Å². The Labute approximate surface area is 120 Å². The molecule has 0 aromatic carbocycles. The van der Waals surface area contributed by atoms with Crippen LogP contribution in [0.1, 0.15) is 50.7 Å². The molecule has 1 heterocycles. The highest BCUT2D eigenvalue weighted by Gasteiger charge is 2.64. The summed E-state index contributed by atoms with van der Waals surface area (Å²) in [5.41, 5.74) is 1.74. The van der Waals surface area contributed by atoms with Crippen LogP contribution in [0, 0.1) is 16.7 Å². The summed E-state index contributed by atoms with van der Waals surface area (Å²) in [5.74, 6) is 0.341. The minimum atomic E-state index is -0.905. The molecule has 0 radical (unpaired) electrons. The molecule has 1 aliphatic rings. The molecule has 1 aromatic rings. The molecule has 110 valence electrons. The molecule has 0 saturated heterocycles. The fourth-order valence-corrected chi connectivity index (χ4v) is 3.03. The molecule has 0 atom stereocenters. The van der Waals surface area contributed by atoms with Gasteiger partial charge >= 0.3 is 5.97 Å². The Morgan fingerprint density at radius 2 is 1.90 bits per heavy atom. The van der Waals surface area contributed by atoms with Crippen molar-refractivity contribution in [3.8, 4) is 0 Å². The first kappa shape index (κ1) is 14.8. The Balaban J connectivity index is 2.11. The molecule has 1 saturated carbocycles. The lowest BCUT2D eigenvalue weighted by molar-refractivity contribution is 0.0696. The molecule has 0 unspecified atom stereocenters. The van der Waals surface area contributed by atoms with E-state index in [1.807, 2.05) is 6.92 Å². The summed E-state index contributed by atoms with van der Waals surface area (Å²) >= 11 is 0. The number of carboxylic acids is 1. The normalized spacial score (nSPS) is 19.6. The monoisotopic (exact) mass is 276 g/mol. The lowest BCUT2D eigenvalue weighted by Gasteiger charge is -2.09. The van der Waals surface area contributed by atoms with Gasteiger partial charge in [-0.15, -0.1) is 0 Å². The van der Waals surface area contributed by atoms with Crippen molar-refractivity contribution in [2.45, 2.75) is 41.0 Å². The maximum atomic E-state index is 11.1.